The fourth-order valence-electron chi connectivity index (χ4n) is 3.33. The molecule has 0 aliphatic rings. The van der Waals surface area contributed by atoms with Crippen molar-refractivity contribution in [1.29, 1.82) is 0 Å². The molecule has 6 nitrogen and oxygen atoms in total. The van der Waals surface area contributed by atoms with E-state index in [1.807, 2.05) is 31.2 Å². The highest BCUT2D eigenvalue weighted by molar-refractivity contribution is 5.82. The molecule has 0 fully saturated rings. The summed E-state index contributed by atoms with van der Waals surface area (Å²) in [5.74, 6) is 0.492. The summed E-state index contributed by atoms with van der Waals surface area (Å²) in [6.45, 7) is 5.06. The van der Waals surface area contributed by atoms with Gasteiger partial charge in [-0.05, 0) is 13.3 Å². The molecule has 2 aromatic rings. The summed E-state index contributed by atoms with van der Waals surface area (Å²) in [6.07, 6.45) is 11.5. The van der Waals surface area contributed by atoms with E-state index in [1.165, 1.54) is 49.6 Å². The van der Waals surface area contributed by atoms with Gasteiger partial charge in [-0.25, -0.2) is 0 Å². The van der Waals surface area contributed by atoms with Gasteiger partial charge >= 0.3 is 6.01 Å². The Kier molecular flexibility index (Phi) is 11.2. The first-order chi connectivity index (χ1) is 14.7. The molecular formula is C24H37N3O3. The SMILES string of the molecule is CCCCCCCCCCCC(=O)n1nc(OCCOC)nc1-c1ccc(C)cc1. The van der Waals surface area contributed by atoms with Gasteiger partial charge in [0.05, 0.1) is 6.61 Å². The number of rotatable bonds is 15. The van der Waals surface area contributed by atoms with Crippen LogP contribution in [-0.4, -0.2) is 41.0 Å². The molecule has 0 amide bonds. The molecule has 1 heterocycles. The molecule has 0 N–H and O–H groups in total. The van der Waals surface area contributed by atoms with Crippen molar-refractivity contribution in [2.75, 3.05) is 20.3 Å². The van der Waals surface area contributed by atoms with Crippen molar-refractivity contribution in [3.8, 4) is 17.4 Å². The average Bonchev–Trinajstić information content (AvgIpc) is 3.17. The number of aromatic nitrogens is 3. The Morgan fingerprint density at radius 1 is 0.933 bits per heavy atom. The molecule has 0 aliphatic heterocycles. The summed E-state index contributed by atoms with van der Waals surface area (Å²) in [5, 5.41) is 4.32. The smallest absolute Gasteiger partial charge is 0.336 e. The Bertz CT molecular complexity index is 741. The first kappa shape index (κ1) is 24.1. The van der Waals surface area contributed by atoms with Crippen LogP contribution in [0.2, 0.25) is 0 Å². The summed E-state index contributed by atoms with van der Waals surface area (Å²) in [6, 6.07) is 8.14. The normalized spacial score (nSPS) is 11.0. The fraction of sp³-hybridized carbons (Fsp3) is 0.625. The molecule has 0 saturated carbocycles. The largest absolute Gasteiger partial charge is 0.460 e. The summed E-state index contributed by atoms with van der Waals surface area (Å²) >= 11 is 0. The van der Waals surface area contributed by atoms with Gasteiger partial charge in [-0.3, -0.25) is 4.79 Å². The van der Waals surface area contributed by atoms with Crippen molar-refractivity contribution < 1.29 is 14.3 Å². The molecule has 0 saturated heterocycles. The van der Waals surface area contributed by atoms with Gasteiger partial charge in [0.1, 0.15) is 6.61 Å². The van der Waals surface area contributed by atoms with Crippen LogP contribution < -0.4 is 4.74 Å². The number of methoxy groups -OCH3 is 1. The summed E-state index contributed by atoms with van der Waals surface area (Å²) in [4.78, 5) is 17.3. The Balaban J connectivity index is 1.90. The second-order valence-corrected chi connectivity index (χ2v) is 7.81. The first-order valence-electron chi connectivity index (χ1n) is 11.3. The van der Waals surface area contributed by atoms with E-state index in [4.69, 9.17) is 9.47 Å². The molecule has 0 aliphatic carbocycles. The Morgan fingerprint density at radius 3 is 2.20 bits per heavy atom. The molecule has 30 heavy (non-hydrogen) atoms. The maximum atomic E-state index is 12.8. The zero-order valence-electron chi connectivity index (χ0n) is 18.9. The third kappa shape index (κ3) is 8.27. The molecule has 1 aromatic heterocycles. The van der Waals surface area contributed by atoms with E-state index < -0.39 is 0 Å². The number of carbonyl (C=O) groups excluding carboxylic acids is 1. The monoisotopic (exact) mass is 415 g/mol. The molecule has 0 atom stereocenters. The van der Waals surface area contributed by atoms with Crippen molar-refractivity contribution in [1.82, 2.24) is 14.8 Å². The Morgan fingerprint density at radius 2 is 1.57 bits per heavy atom. The fourth-order valence-corrected chi connectivity index (χ4v) is 3.33. The minimum absolute atomic E-state index is 0.0392. The van der Waals surface area contributed by atoms with Gasteiger partial charge in [-0.2, -0.15) is 9.67 Å². The van der Waals surface area contributed by atoms with Crippen molar-refractivity contribution in [2.45, 2.75) is 78.1 Å². The number of hydrogen-bond acceptors (Lipinski definition) is 5. The molecule has 6 heteroatoms. The van der Waals surface area contributed by atoms with Crippen molar-refractivity contribution in [3.63, 3.8) is 0 Å². The zero-order valence-corrected chi connectivity index (χ0v) is 18.9. The maximum Gasteiger partial charge on any atom is 0.336 e. The molecule has 166 valence electrons. The second-order valence-electron chi connectivity index (χ2n) is 7.81. The van der Waals surface area contributed by atoms with Gasteiger partial charge in [0, 0.05) is 19.1 Å². The number of aryl methyl sites for hydroxylation is 1. The molecule has 0 radical (unpaired) electrons. The van der Waals surface area contributed by atoms with Gasteiger partial charge in [0.15, 0.2) is 5.82 Å². The molecule has 2 rings (SSSR count). The standard InChI is InChI=1S/C24H37N3O3/c1-4-5-6-7-8-9-10-11-12-13-22(28)27-23(21-16-14-20(2)15-17-21)25-24(26-27)30-19-18-29-3/h14-17H,4-13,18-19H2,1-3H3. The highest BCUT2D eigenvalue weighted by atomic mass is 16.5. The number of hydrogen-bond donors (Lipinski definition) is 0. The van der Waals surface area contributed by atoms with Crippen LogP contribution in [-0.2, 0) is 4.74 Å². The van der Waals surface area contributed by atoms with Crippen molar-refractivity contribution in [3.05, 3.63) is 29.8 Å². The lowest BCUT2D eigenvalue weighted by Crippen LogP contribution is -2.14. The van der Waals surface area contributed by atoms with Crippen LogP contribution in [0.1, 0.15) is 81.5 Å². The quantitative estimate of drug-likeness (QED) is 0.342. The number of carbonyl (C=O) groups is 1. The summed E-state index contributed by atoms with van der Waals surface area (Å²) in [7, 11) is 1.61. The van der Waals surface area contributed by atoms with E-state index in [0.717, 1.165) is 24.0 Å². The van der Waals surface area contributed by atoms with Gasteiger partial charge in [0.2, 0.25) is 5.91 Å². The lowest BCUT2D eigenvalue weighted by molar-refractivity contribution is 0.0881. The lowest BCUT2D eigenvalue weighted by atomic mass is 10.1. The Hall–Kier alpha value is -2.21. The van der Waals surface area contributed by atoms with E-state index in [0.29, 0.717) is 25.5 Å². The Labute approximate surface area is 181 Å². The van der Waals surface area contributed by atoms with Gasteiger partial charge in [-0.1, -0.05) is 88.1 Å². The summed E-state index contributed by atoms with van der Waals surface area (Å²) in [5.41, 5.74) is 2.01. The van der Waals surface area contributed by atoms with Crippen LogP contribution in [0.4, 0.5) is 0 Å². The van der Waals surface area contributed by atoms with Gasteiger partial charge in [0.25, 0.3) is 0 Å². The van der Waals surface area contributed by atoms with Crippen LogP contribution >= 0.6 is 0 Å². The molecule has 1 aromatic carbocycles. The zero-order chi connectivity index (χ0) is 21.6. The number of nitrogens with zero attached hydrogens (tertiary/aromatic N) is 3. The molecular weight excluding hydrogens is 378 g/mol. The lowest BCUT2D eigenvalue weighted by Gasteiger charge is -2.05. The van der Waals surface area contributed by atoms with E-state index in [-0.39, 0.29) is 11.9 Å². The molecule has 0 spiro atoms. The maximum absolute atomic E-state index is 12.8. The predicted molar refractivity (Wildman–Crippen MR) is 120 cm³/mol. The van der Waals surface area contributed by atoms with E-state index >= 15 is 0 Å². The van der Waals surface area contributed by atoms with Crippen LogP contribution in [0.3, 0.4) is 0 Å². The van der Waals surface area contributed by atoms with Crippen molar-refractivity contribution >= 4 is 5.91 Å². The van der Waals surface area contributed by atoms with Crippen LogP contribution in [0.25, 0.3) is 11.4 Å². The number of benzene rings is 1. The van der Waals surface area contributed by atoms with Crippen LogP contribution in [0.15, 0.2) is 24.3 Å². The van der Waals surface area contributed by atoms with E-state index in [9.17, 15) is 4.79 Å². The highest BCUT2D eigenvalue weighted by Crippen LogP contribution is 2.21. The third-order valence-corrected chi connectivity index (χ3v) is 5.15. The van der Waals surface area contributed by atoms with Crippen LogP contribution in [0.5, 0.6) is 6.01 Å². The number of unbranched alkanes of at least 4 members (excludes halogenated alkanes) is 8. The molecule has 0 unspecified atom stereocenters. The predicted octanol–water partition coefficient (Wildman–Crippen LogP) is 5.84. The first-order valence-corrected chi connectivity index (χ1v) is 11.3. The highest BCUT2D eigenvalue weighted by Gasteiger charge is 2.18. The van der Waals surface area contributed by atoms with E-state index in [2.05, 4.69) is 17.0 Å². The van der Waals surface area contributed by atoms with Gasteiger partial charge in [-0.15, -0.1) is 5.10 Å². The molecule has 0 bridgehead atoms. The second kappa shape index (κ2) is 13.9. The minimum Gasteiger partial charge on any atom is -0.460 e. The van der Waals surface area contributed by atoms with Crippen LogP contribution in [0, 0.1) is 6.92 Å². The minimum atomic E-state index is -0.0392. The van der Waals surface area contributed by atoms with Gasteiger partial charge < -0.3 is 9.47 Å². The van der Waals surface area contributed by atoms with Crippen molar-refractivity contribution in [2.24, 2.45) is 0 Å². The van der Waals surface area contributed by atoms with E-state index in [1.54, 1.807) is 7.11 Å². The average molecular weight is 416 g/mol. The summed E-state index contributed by atoms with van der Waals surface area (Å²) < 4.78 is 11.9. The number of ether oxygens (including phenoxy) is 2. The third-order valence-electron chi connectivity index (χ3n) is 5.15. The topological polar surface area (TPSA) is 66.2 Å².